The number of ether oxygens (including phenoxy) is 2. The highest BCUT2D eigenvalue weighted by molar-refractivity contribution is 6.13. The van der Waals surface area contributed by atoms with Crippen LogP contribution >= 0.6 is 0 Å². The quantitative estimate of drug-likeness (QED) is 0.616. The molecule has 2 aromatic carbocycles. The topological polar surface area (TPSA) is 47.9 Å². The summed E-state index contributed by atoms with van der Waals surface area (Å²) >= 11 is 0. The van der Waals surface area contributed by atoms with E-state index in [0.717, 1.165) is 11.1 Å². The van der Waals surface area contributed by atoms with Gasteiger partial charge in [0.15, 0.2) is 5.70 Å². The fourth-order valence-corrected chi connectivity index (χ4v) is 2.58. The number of halogens is 2. The molecular weight excluding hydrogens is 328 g/mol. The predicted octanol–water partition coefficient (Wildman–Crippen LogP) is 4.25. The normalized spacial score (nSPS) is 15.5. The van der Waals surface area contributed by atoms with E-state index in [4.69, 9.17) is 4.74 Å². The Kier molecular flexibility index (Phi) is 4.61. The van der Waals surface area contributed by atoms with Crippen molar-refractivity contribution in [3.63, 3.8) is 0 Å². The second-order valence-corrected chi connectivity index (χ2v) is 5.63. The third-order valence-electron chi connectivity index (χ3n) is 3.52. The first-order valence-electron chi connectivity index (χ1n) is 7.57. The molecule has 0 N–H and O–H groups in total. The van der Waals surface area contributed by atoms with E-state index in [1.165, 1.54) is 12.1 Å². The standard InChI is InChI=1S/C19H15F2NO3/c1-11-7-12(2)9-14(8-11)17-22-15(18(23)25-17)10-13-5-3-4-6-16(13)24-19(20)21/h3-10,19H,1-2H3/b15-10+. The summed E-state index contributed by atoms with van der Waals surface area (Å²) in [7, 11) is 0. The largest absolute Gasteiger partial charge is 0.434 e. The average Bonchev–Trinajstić information content (AvgIpc) is 2.89. The van der Waals surface area contributed by atoms with Gasteiger partial charge in [-0.05, 0) is 38.1 Å². The van der Waals surface area contributed by atoms with E-state index in [1.807, 2.05) is 32.0 Å². The van der Waals surface area contributed by atoms with Crippen molar-refractivity contribution in [1.82, 2.24) is 0 Å². The zero-order valence-electron chi connectivity index (χ0n) is 13.6. The number of cyclic esters (lactones) is 1. The minimum atomic E-state index is -2.95. The third-order valence-corrected chi connectivity index (χ3v) is 3.52. The molecule has 0 saturated carbocycles. The van der Waals surface area contributed by atoms with Gasteiger partial charge in [0, 0.05) is 11.1 Å². The van der Waals surface area contributed by atoms with E-state index in [1.54, 1.807) is 18.2 Å². The molecule has 0 saturated heterocycles. The van der Waals surface area contributed by atoms with Gasteiger partial charge in [-0.3, -0.25) is 0 Å². The van der Waals surface area contributed by atoms with Gasteiger partial charge in [-0.25, -0.2) is 9.79 Å². The molecule has 0 bridgehead atoms. The summed E-state index contributed by atoms with van der Waals surface area (Å²) in [6.45, 7) is 0.912. The van der Waals surface area contributed by atoms with Crippen molar-refractivity contribution in [2.75, 3.05) is 0 Å². The van der Waals surface area contributed by atoms with Gasteiger partial charge in [0.05, 0.1) is 0 Å². The van der Waals surface area contributed by atoms with E-state index >= 15 is 0 Å². The molecule has 0 spiro atoms. The molecule has 4 nitrogen and oxygen atoms in total. The monoisotopic (exact) mass is 343 g/mol. The maximum Gasteiger partial charge on any atom is 0.387 e. The Labute approximate surface area is 143 Å². The molecule has 25 heavy (non-hydrogen) atoms. The van der Waals surface area contributed by atoms with Crippen LogP contribution in [0.1, 0.15) is 22.3 Å². The summed E-state index contributed by atoms with van der Waals surface area (Å²) in [6, 6.07) is 11.9. The summed E-state index contributed by atoms with van der Waals surface area (Å²) in [4.78, 5) is 16.3. The number of alkyl halides is 2. The average molecular weight is 343 g/mol. The summed E-state index contributed by atoms with van der Waals surface area (Å²) in [5.74, 6) is -0.482. The lowest BCUT2D eigenvalue weighted by Gasteiger charge is -2.07. The number of carbonyl (C=O) groups excluding carboxylic acids is 1. The Morgan fingerprint density at radius 2 is 1.80 bits per heavy atom. The fourth-order valence-electron chi connectivity index (χ4n) is 2.58. The van der Waals surface area contributed by atoms with Crippen molar-refractivity contribution in [3.8, 4) is 5.75 Å². The highest BCUT2D eigenvalue weighted by Gasteiger charge is 2.25. The van der Waals surface area contributed by atoms with Crippen molar-refractivity contribution in [1.29, 1.82) is 0 Å². The molecule has 3 rings (SSSR count). The van der Waals surface area contributed by atoms with Crippen LogP contribution in [0.25, 0.3) is 6.08 Å². The molecule has 0 atom stereocenters. The minimum absolute atomic E-state index is 0.0273. The molecular formula is C19H15F2NO3. The van der Waals surface area contributed by atoms with E-state index < -0.39 is 12.6 Å². The smallest absolute Gasteiger partial charge is 0.387 e. The Balaban J connectivity index is 1.97. The second kappa shape index (κ2) is 6.84. The van der Waals surface area contributed by atoms with Crippen LogP contribution in [0.4, 0.5) is 8.78 Å². The number of esters is 1. The van der Waals surface area contributed by atoms with Crippen molar-refractivity contribution >= 4 is 17.9 Å². The first kappa shape index (κ1) is 16.8. The lowest BCUT2D eigenvalue weighted by molar-refractivity contribution is -0.129. The molecule has 2 aromatic rings. The Bertz CT molecular complexity index is 868. The van der Waals surface area contributed by atoms with Gasteiger partial charge in [-0.1, -0.05) is 35.4 Å². The van der Waals surface area contributed by atoms with Gasteiger partial charge in [-0.2, -0.15) is 8.78 Å². The number of benzene rings is 2. The van der Waals surface area contributed by atoms with Gasteiger partial charge in [0.25, 0.3) is 0 Å². The molecule has 0 fully saturated rings. The number of aryl methyl sites for hydroxylation is 2. The SMILES string of the molecule is Cc1cc(C)cc(C2=N/C(=C/c3ccccc3OC(F)F)C(=O)O2)c1. The number of rotatable bonds is 4. The minimum Gasteiger partial charge on any atom is -0.434 e. The van der Waals surface area contributed by atoms with Gasteiger partial charge in [0.1, 0.15) is 5.75 Å². The van der Waals surface area contributed by atoms with E-state index in [-0.39, 0.29) is 17.3 Å². The second-order valence-electron chi connectivity index (χ2n) is 5.63. The summed E-state index contributed by atoms with van der Waals surface area (Å²) in [6.07, 6.45) is 1.37. The fraction of sp³-hybridized carbons (Fsp3) is 0.158. The highest BCUT2D eigenvalue weighted by atomic mass is 19.3. The number of hydrogen-bond acceptors (Lipinski definition) is 4. The van der Waals surface area contributed by atoms with Gasteiger partial charge >= 0.3 is 12.6 Å². The maximum absolute atomic E-state index is 12.5. The van der Waals surface area contributed by atoms with Crippen molar-refractivity contribution in [2.24, 2.45) is 4.99 Å². The van der Waals surface area contributed by atoms with Crippen molar-refractivity contribution < 1.29 is 23.0 Å². The van der Waals surface area contributed by atoms with Crippen LogP contribution in [-0.2, 0) is 9.53 Å². The van der Waals surface area contributed by atoms with Crippen molar-refractivity contribution in [3.05, 3.63) is 70.4 Å². The van der Waals surface area contributed by atoms with Crippen LogP contribution in [0.5, 0.6) is 5.75 Å². The number of aliphatic imine (C=N–C) groups is 1. The summed E-state index contributed by atoms with van der Waals surface area (Å²) in [5.41, 5.74) is 3.06. The Morgan fingerprint density at radius 1 is 1.12 bits per heavy atom. The van der Waals surface area contributed by atoms with E-state index in [2.05, 4.69) is 9.73 Å². The predicted molar refractivity (Wildman–Crippen MR) is 89.6 cm³/mol. The molecule has 1 aliphatic heterocycles. The highest BCUT2D eigenvalue weighted by Crippen LogP contribution is 2.26. The molecule has 0 amide bonds. The zero-order valence-corrected chi connectivity index (χ0v) is 13.6. The Morgan fingerprint density at radius 3 is 2.48 bits per heavy atom. The lowest BCUT2D eigenvalue weighted by atomic mass is 10.1. The van der Waals surface area contributed by atoms with Crippen LogP contribution in [-0.4, -0.2) is 18.5 Å². The molecule has 1 aliphatic rings. The van der Waals surface area contributed by atoms with Crippen LogP contribution in [0.15, 0.2) is 53.2 Å². The first-order chi connectivity index (χ1) is 11.9. The lowest BCUT2D eigenvalue weighted by Crippen LogP contribution is -2.06. The third kappa shape index (κ3) is 3.91. The van der Waals surface area contributed by atoms with Gasteiger partial charge in [-0.15, -0.1) is 0 Å². The molecule has 128 valence electrons. The Hall–Kier alpha value is -3.02. The van der Waals surface area contributed by atoms with Gasteiger partial charge in [0.2, 0.25) is 5.90 Å². The number of carbonyl (C=O) groups is 1. The molecule has 0 radical (unpaired) electrons. The zero-order chi connectivity index (χ0) is 18.0. The molecule has 0 aliphatic carbocycles. The summed E-state index contributed by atoms with van der Waals surface area (Å²) in [5, 5.41) is 0. The number of hydrogen-bond donors (Lipinski definition) is 0. The molecule has 0 aromatic heterocycles. The van der Waals surface area contributed by atoms with E-state index in [0.29, 0.717) is 11.1 Å². The van der Waals surface area contributed by atoms with Crippen LogP contribution < -0.4 is 4.74 Å². The number of para-hydroxylation sites is 1. The van der Waals surface area contributed by atoms with Crippen molar-refractivity contribution in [2.45, 2.75) is 20.5 Å². The van der Waals surface area contributed by atoms with Gasteiger partial charge < -0.3 is 9.47 Å². The molecule has 1 heterocycles. The first-order valence-corrected chi connectivity index (χ1v) is 7.57. The van der Waals surface area contributed by atoms with Crippen LogP contribution in [0, 0.1) is 13.8 Å². The van der Waals surface area contributed by atoms with Crippen LogP contribution in [0.2, 0.25) is 0 Å². The number of nitrogens with zero attached hydrogens (tertiary/aromatic N) is 1. The maximum atomic E-state index is 12.5. The van der Waals surface area contributed by atoms with E-state index in [9.17, 15) is 13.6 Å². The van der Waals surface area contributed by atoms with Crippen LogP contribution in [0.3, 0.4) is 0 Å². The summed E-state index contributed by atoms with van der Waals surface area (Å²) < 4.78 is 34.6. The molecule has 0 unspecified atom stereocenters. The molecule has 6 heteroatoms.